The van der Waals surface area contributed by atoms with Crippen molar-refractivity contribution >= 4 is 50.5 Å². The van der Waals surface area contributed by atoms with E-state index < -0.39 is 0 Å². The van der Waals surface area contributed by atoms with Gasteiger partial charge in [-0.3, -0.25) is 0 Å². The van der Waals surface area contributed by atoms with Crippen LogP contribution in [-0.2, 0) is 0 Å². The van der Waals surface area contributed by atoms with Gasteiger partial charge in [0.1, 0.15) is 0 Å². The van der Waals surface area contributed by atoms with Crippen molar-refractivity contribution in [3.8, 4) is 22.3 Å². The molecule has 0 saturated heterocycles. The van der Waals surface area contributed by atoms with E-state index in [-0.39, 0.29) is 0 Å². The van der Waals surface area contributed by atoms with Crippen LogP contribution in [0.5, 0.6) is 0 Å². The summed E-state index contributed by atoms with van der Waals surface area (Å²) < 4.78 is 0. The normalized spacial score (nSPS) is 11.6. The summed E-state index contributed by atoms with van der Waals surface area (Å²) >= 11 is 0. The summed E-state index contributed by atoms with van der Waals surface area (Å²) in [5.41, 5.74) is 13.8. The zero-order valence-corrected chi connectivity index (χ0v) is 30.7. The van der Waals surface area contributed by atoms with Crippen LogP contribution >= 0.6 is 0 Å². The van der Waals surface area contributed by atoms with Gasteiger partial charge in [-0.2, -0.15) is 0 Å². The lowest BCUT2D eigenvalue weighted by molar-refractivity contribution is 1.28. The zero-order chi connectivity index (χ0) is 36.7. The summed E-state index contributed by atoms with van der Waals surface area (Å²) in [6.07, 6.45) is 6.40. The lowest BCUT2D eigenvalue weighted by Crippen LogP contribution is -2.10. The maximum atomic E-state index is 2.36. The fourth-order valence-corrected chi connectivity index (χ4v) is 7.19. The van der Waals surface area contributed by atoms with E-state index in [1.807, 2.05) is 0 Å². The Labute approximate surface area is 319 Å². The van der Waals surface area contributed by atoms with Crippen LogP contribution in [0.3, 0.4) is 0 Å². The number of fused-ring (bicyclic) bond motifs is 1. The summed E-state index contributed by atoms with van der Waals surface area (Å²) in [5.74, 6) is 0. The van der Waals surface area contributed by atoms with E-state index in [1.165, 1.54) is 33.0 Å². The van der Waals surface area contributed by atoms with E-state index in [0.717, 1.165) is 45.3 Å². The highest BCUT2D eigenvalue weighted by atomic mass is 15.1. The van der Waals surface area contributed by atoms with Crippen molar-refractivity contribution in [3.05, 3.63) is 224 Å². The van der Waals surface area contributed by atoms with Gasteiger partial charge in [0.2, 0.25) is 0 Å². The topological polar surface area (TPSA) is 6.48 Å². The van der Waals surface area contributed by atoms with Crippen LogP contribution < -0.4 is 9.80 Å². The molecule has 0 aliphatic carbocycles. The Morgan fingerprint density at radius 2 is 0.796 bits per heavy atom. The van der Waals surface area contributed by atoms with Crippen molar-refractivity contribution in [2.75, 3.05) is 9.80 Å². The third-order valence-electron chi connectivity index (χ3n) is 9.92. The van der Waals surface area contributed by atoms with Gasteiger partial charge >= 0.3 is 0 Å². The number of hydrogen-bond acceptors (Lipinski definition) is 2. The number of anilines is 6. The molecule has 0 aliphatic heterocycles. The number of para-hydroxylation sites is 1. The predicted octanol–water partition coefficient (Wildman–Crippen LogP) is 15.1. The average Bonchev–Trinajstić information content (AvgIpc) is 3.25. The molecule has 8 aromatic rings. The van der Waals surface area contributed by atoms with Crippen LogP contribution in [0.15, 0.2) is 218 Å². The molecule has 0 spiro atoms. The molecular weight excluding hydrogens is 653 g/mol. The van der Waals surface area contributed by atoms with Crippen molar-refractivity contribution in [2.45, 2.75) is 13.8 Å². The molecule has 0 N–H and O–H groups in total. The minimum absolute atomic E-state index is 1.10. The maximum Gasteiger partial charge on any atom is 0.0468 e. The largest absolute Gasteiger partial charge is 0.311 e. The fourth-order valence-electron chi connectivity index (χ4n) is 7.19. The maximum absolute atomic E-state index is 2.36. The lowest BCUT2D eigenvalue weighted by atomic mass is 10.0. The van der Waals surface area contributed by atoms with Crippen LogP contribution in [-0.4, -0.2) is 0 Å². The molecule has 0 unspecified atom stereocenters. The first kappa shape index (κ1) is 34.2. The Morgan fingerprint density at radius 3 is 1.43 bits per heavy atom. The molecule has 0 fully saturated rings. The van der Waals surface area contributed by atoms with Gasteiger partial charge in [0.15, 0.2) is 0 Å². The Bertz CT molecular complexity index is 2530. The summed E-state index contributed by atoms with van der Waals surface area (Å²) in [6, 6.07) is 71.9. The minimum Gasteiger partial charge on any atom is -0.311 e. The Hall–Kier alpha value is -6.90. The van der Waals surface area contributed by atoms with Gasteiger partial charge in [-0.1, -0.05) is 146 Å². The molecule has 0 saturated carbocycles. The molecule has 0 aromatic heterocycles. The van der Waals surface area contributed by atoms with Crippen LogP contribution in [0.4, 0.5) is 34.1 Å². The molecule has 0 amide bonds. The van der Waals surface area contributed by atoms with E-state index >= 15 is 0 Å². The van der Waals surface area contributed by atoms with Crippen LogP contribution in [0, 0.1) is 0 Å². The van der Waals surface area contributed by atoms with Gasteiger partial charge in [-0.15, -0.1) is 0 Å². The van der Waals surface area contributed by atoms with Crippen molar-refractivity contribution in [1.29, 1.82) is 0 Å². The second-order valence-corrected chi connectivity index (χ2v) is 13.3. The predicted molar refractivity (Wildman–Crippen MR) is 233 cm³/mol. The highest BCUT2D eigenvalue weighted by molar-refractivity contribution is 5.90. The number of allylic oxidation sites excluding steroid dienone is 4. The van der Waals surface area contributed by atoms with Gasteiger partial charge in [-0.25, -0.2) is 0 Å². The zero-order valence-electron chi connectivity index (χ0n) is 30.7. The standard InChI is InChI=1S/C52H42N2/c1-3-14-39(4-2)42-23-30-50(31-24-42)54(52-36-29-41-17-11-12-18-45(41)38-52)51-22-13-19-46(37-51)44-27-34-49(35-28-44)53(47-20-9-6-10-21-47)48-32-25-43(26-33-48)40-15-7-5-8-16-40/h3-38H,1-2H3/b14-3-,39-4+. The Balaban J connectivity index is 1.15. The van der Waals surface area contributed by atoms with Crippen molar-refractivity contribution in [2.24, 2.45) is 0 Å². The quantitative estimate of drug-likeness (QED) is 0.132. The monoisotopic (exact) mass is 694 g/mol. The highest BCUT2D eigenvalue weighted by Gasteiger charge is 2.16. The fraction of sp³-hybridized carbons (Fsp3) is 0.0385. The summed E-state index contributed by atoms with van der Waals surface area (Å²) in [4.78, 5) is 4.67. The van der Waals surface area contributed by atoms with Gasteiger partial charge in [0.25, 0.3) is 0 Å². The second kappa shape index (κ2) is 15.8. The highest BCUT2D eigenvalue weighted by Crippen LogP contribution is 2.40. The first-order chi connectivity index (χ1) is 26.7. The SMILES string of the molecule is C/C=C\C(=C/C)c1ccc(N(c2cccc(-c3ccc(N(c4ccccc4)c4ccc(-c5ccccc5)cc4)cc3)c2)c2ccc3ccccc3c2)cc1. The van der Waals surface area contributed by atoms with Crippen molar-refractivity contribution in [3.63, 3.8) is 0 Å². The number of rotatable bonds is 10. The molecule has 2 heteroatoms. The first-order valence-corrected chi connectivity index (χ1v) is 18.6. The van der Waals surface area contributed by atoms with E-state index in [2.05, 4.69) is 242 Å². The molecular formula is C52H42N2. The number of hydrogen-bond donors (Lipinski definition) is 0. The molecule has 0 bridgehead atoms. The Morgan fingerprint density at radius 1 is 0.352 bits per heavy atom. The Kier molecular flexibility index (Phi) is 9.99. The average molecular weight is 695 g/mol. The minimum atomic E-state index is 1.10. The van der Waals surface area contributed by atoms with E-state index in [4.69, 9.17) is 0 Å². The van der Waals surface area contributed by atoms with E-state index in [0.29, 0.717) is 0 Å². The summed E-state index contributed by atoms with van der Waals surface area (Å²) in [5, 5.41) is 2.44. The van der Waals surface area contributed by atoms with Gasteiger partial charge in [0.05, 0.1) is 0 Å². The molecule has 0 heterocycles. The van der Waals surface area contributed by atoms with Crippen molar-refractivity contribution < 1.29 is 0 Å². The first-order valence-electron chi connectivity index (χ1n) is 18.6. The van der Waals surface area contributed by atoms with Crippen molar-refractivity contribution in [1.82, 2.24) is 0 Å². The lowest BCUT2D eigenvalue weighted by Gasteiger charge is -2.27. The molecule has 0 aliphatic rings. The number of benzene rings is 8. The molecule has 260 valence electrons. The van der Waals surface area contributed by atoms with Crippen LogP contribution in [0.1, 0.15) is 19.4 Å². The smallest absolute Gasteiger partial charge is 0.0468 e. The van der Waals surface area contributed by atoms with Crippen LogP contribution in [0.2, 0.25) is 0 Å². The molecule has 8 aromatic carbocycles. The molecule has 8 rings (SSSR count). The van der Waals surface area contributed by atoms with Crippen LogP contribution in [0.25, 0.3) is 38.6 Å². The summed E-state index contributed by atoms with van der Waals surface area (Å²) in [6.45, 7) is 4.15. The molecule has 0 atom stereocenters. The van der Waals surface area contributed by atoms with Gasteiger partial charge in [-0.05, 0) is 131 Å². The van der Waals surface area contributed by atoms with Gasteiger partial charge in [0, 0.05) is 34.1 Å². The van der Waals surface area contributed by atoms with E-state index in [1.54, 1.807) is 0 Å². The van der Waals surface area contributed by atoms with Gasteiger partial charge < -0.3 is 9.80 Å². The third kappa shape index (κ3) is 7.24. The third-order valence-corrected chi connectivity index (χ3v) is 9.92. The molecule has 54 heavy (non-hydrogen) atoms. The number of nitrogens with zero attached hydrogens (tertiary/aromatic N) is 2. The molecule has 2 nitrogen and oxygen atoms in total. The summed E-state index contributed by atoms with van der Waals surface area (Å²) in [7, 11) is 0. The van der Waals surface area contributed by atoms with E-state index in [9.17, 15) is 0 Å². The second-order valence-electron chi connectivity index (χ2n) is 13.3. The molecule has 0 radical (unpaired) electrons.